The fourth-order valence-corrected chi connectivity index (χ4v) is 1.51. The van der Waals surface area contributed by atoms with Crippen molar-refractivity contribution in [2.45, 2.75) is 20.3 Å². The zero-order chi connectivity index (χ0) is 12.8. The van der Waals surface area contributed by atoms with Crippen LogP contribution in [0.4, 0.5) is 11.6 Å². The Kier molecular flexibility index (Phi) is 4.70. The minimum absolute atomic E-state index is 0.0157. The molecule has 5 heteroatoms. The molecule has 0 aliphatic rings. The molecule has 0 amide bonds. The monoisotopic (exact) mass is 233 g/mol. The number of hydrogen-bond donors (Lipinski definition) is 1. The van der Waals surface area contributed by atoms with Gasteiger partial charge in [0, 0.05) is 33.1 Å². The van der Waals surface area contributed by atoms with Crippen LogP contribution in [0.3, 0.4) is 0 Å². The summed E-state index contributed by atoms with van der Waals surface area (Å²) in [5, 5.41) is 11.8. The smallest absolute Gasteiger partial charge is 0.134 e. The van der Waals surface area contributed by atoms with Crippen LogP contribution < -0.4 is 10.2 Å². The number of nitriles is 1. The van der Waals surface area contributed by atoms with Gasteiger partial charge in [-0.05, 0) is 6.92 Å². The molecular weight excluding hydrogens is 214 g/mol. The Bertz CT molecular complexity index is 388. The van der Waals surface area contributed by atoms with Gasteiger partial charge in [-0.25, -0.2) is 9.97 Å². The normalized spacial score (nSPS) is 11.7. The largest absolute Gasteiger partial charge is 0.373 e. The van der Waals surface area contributed by atoms with Crippen molar-refractivity contribution in [2.24, 2.45) is 5.92 Å². The zero-order valence-electron chi connectivity index (χ0n) is 10.9. The van der Waals surface area contributed by atoms with E-state index in [0.29, 0.717) is 6.54 Å². The molecule has 0 saturated heterocycles. The average molecular weight is 233 g/mol. The molecule has 5 nitrogen and oxygen atoms in total. The second kappa shape index (κ2) is 6.04. The van der Waals surface area contributed by atoms with Crippen molar-refractivity contribution >= 4 is 11.6 Å². The van der Waals surface area contributed by atoms with Gasteiger partial charge in [0.15, 0.2) is 0 Å². The molecule has 0 aliphatic carbocycles. The molecular formula is C12H19N5. The third-order valence-corrected chi connectivity index (χ3v) is 2.49. The van der Waals surface area contributed by atoms with E-state index in [-0.39, 0.29) is 5.92 Å². The summed E-state index contributed by atoms with van der Waals surface area (Å²) in [5.74, 6) is 2.45. The van der Waals surface area contributed by atoms with Crippen LogP contribution in [0.5, 0.6) is 0 Å². The SMILES string of the molecule is CCc1nc(NC)cc(N(C)CC(C)C#N)n1. The van der Waals surface area contributed by atoms with Gasteiger partial charge in [0.05, 0.1) is 12.0 Å². The van der Waals surface area contributed by atoms with Gasteiger partial charge < -0.3 is 10.2 Å². The van der Waals surface area contributed by atoms with Crippen molar-refractivity contribution in [3.63, 3.8) is 0 Å². The summed E-state index contributed by atoms with van der Waals surface area (Å²) < 4.78 is 0. The highest BCUT2D eigenvalue weighted by atomic mass is 15.2. The first-order valence-electron chi connectivity index (χ1n) is 5.77. The van der Waals surface area contributed by atoms with E-state index in [2.05, 4.69) is 21.4 Å². The fourth-order valence-electron chi connectivity index (χ4n) is 1.51. The molecule has 0 spiro atoms. The Labute approximate surface area is 102 Å². The van der Waals surface area contributed by atoms with Crippen LogP contribution in [0.15, 0.2) is 6.07 Å². The predicted molar refractivity (Wildman–Crippen MR) is 69.0 cm³/mol. The van der Waals surface area contributed by atoms with Crippen LogP contribution in [0.25, 0.3) is 0 Å². The number of anilines is 2. The van der Waals surface area contributed by atoms with E-state index in [9.17, 15) is 0 Å². The third kappa shape index (κ3) is 3.59. The van der Waals surface area contributed by atoms with E-state index in [1.54, 1.807) is 0 Å². The molecule has 1 N–H and O–H groups in total. The zero-order valence-corrected chi connectivity index (χ0v) is 10.9. The summed E-state index contributed by atoms with van der Waals surface area (Å²) in [5.41, 5.74) is 0. The maximum Gasteiger partial charge on any atom is 0.134 e. The summed E-state index contributed by atoms with van der Waals surface area (Å²) in [7, 11) is 3.78. The molecule has 1 aromatic heterocycles. The first kappa shape index (κ1) is 13.2. The summed E-state index contributed by atoms with van der Waals surface area (Å²) in [4.78, 5) is 10.8. The van der Waals surface area contributed by atoms with Gasteiger partial charge in [0.2, 0.25) is 0 Å². The van der Waals surface area contributed by atoms with Gasteiger partial charge in [-0.15, -0.1) is 0 Å². The maximum atomic E-state index is 8.81. The Morgan fingerprint density at radius 2 is 2.24 bits per heavy atom. The van der Waals surface area contributed by atoms with E-state index in [1.165, 1.54) is 0 Å². The highest BCUT2D eigenvalue weighted by Gasteiger charge is 2.10. The first-order valence-corrected chi connectivity index (χ1v) is 5.77. The third-order valence-electron chi connectivity index (χ3n) is 2.49. The van der Waals surface area contributed by atoms with Crippen molar-refractivity contribution in [1.29, 1.82) is 5.26 Å². The molecule has 1 atom stereocenters. The lowest BCUT2D eigenvalue weighted by Crippen LogP contribution is -2.24. The average Bonchev–Trinajstić information content (AvgIpc) is 2.37. The molecule has 0 saturated carbocycles. The molecule has 1 rings (SSSR count). The van der Waals surface area contributed by atoms with Gasteiger partial charge in [0.1, 0.15) is 17.5 Å². The van der Waals surface area contributed by atoms with Gasteiger partial charge >= 0.3 is 0 Å². The van der Waals surface area contributed by atoms with Crippen LogP contribution >= 0.6 is 0 Å². The van der Waals surface area contributed by atoms with Gasteiger partial charge in [-0.3, -0.25) is 0 Å². The van der Waals surface area contributed by atoms with E-state index < -0.39 is 0 Å². The van der Waals surface area contributed by atoms with Gasteiger partial charge in [-0.2, -0.15) is 5.26 Å². The van der Waals surface area contributed by atoms with Crippen molar-refractivity contribution in [3.8, 4) is 6.07 Å². The molecule has 17 heavy (non-hydrogen) atoms. The Morgan fingerprint density at radius 3 is 2.76 bits per heavy atom. The fraction of sp³-hybridized carbons (Fsp3) is 0.583. The van der Waals surface area contributed by atoms with Crippen molar-refractivity contribution < 1.29 is 0 Å². The van der Waals surface area contributed by atoms with Crippen molar-refractivity contribution in [1.82, 2.24) is 9.97 Å². The lowest BCUT2D eigenvalue weighted by Gasteiger charge is -2.20. The standard InChI is InChI=1S/C12H19N5/c1-5-10-15-11(14-3)6-12(16-10)17(4)8-9(2)7-13/h6,9H,5,8H2,1-4H3,(H,14,15,16). The molecule has 92 valence electrons. The van der Waals surface area contributed by atoms with Crippen LogP contribution in [0, 0.1) is 17.2 Å². The van der Waals surface area contributed by atoms with E-state index in [1.807, 2.05) is 38.9 Å². The van der Waals surface area contributed by atoms with Crippen LogP contribution in [-0.2, 0) is 6.42 Å². The molecule has 1 aromatic rings. The first-order chi connectivity index (χ1) is 8.10. The second-order valence-electron chi connectivity index (χ2n) is 4.04. The Hall–Kier alpha value is -1.83. The second-order valence-corrected chi connectivity index (χ2v) is 4.04. The van der Waals surface area contributed by atoms with E-state index >= 15 is 0 Å². The Balaban J connectivity index is 2.92. The number of nitrogens with one attached hydrogen (secondary N) is 1. The molecule has 0 aromatic carbocycles. The molecule has 1 heterocycles. The highest BCUT2D eigenvalue weighted by molar-refractivity contribution is 5.48. The van der Waals surface area contributed by atoms with Crippen LogP contribution in [0.1, 0.15) is 19.7 Å². The summed E-state index contributed by atoms with van der Waals surface area (Å²) in [6, 6.07) is 4.11. The maximum absolute atomic E-state index is 8.81. The van der Waals surface area contributed by atoms with Crippen LogP contribution in [-0.4, -0.2) is 30.6 Å². The minimum Gasteiger partial charge on any atom is -0.373 e. The predicted octanol–water partition coefficient (Wildman–Crippen LogP) is 1.68. The lowest BCUT2D eigenvalue weighted by molar-refractivity contribution is 0.707. The molecule has 0 radical (unpaired) electrons. The molecule has 0 bridgehead atoms. The number of nitrogens with zero attached hydrogens (tertiary/aromatic N) is 4. The minimum atomic E-state index is -0.0157. The van der Waals surface area contributed by atoms with E-state index in [4.69, 9.17) is 5.26 Å². The Morgan fingerprint density at radius 1 is 1.53 bits per heavy atom. The number of aromatic nitrogens is 2. The van der Waals surface area contributed by atoms with Crippen molar-refractivity contribution in [3.05, 3.63) is 11.9 Å². The van der Waals surface area contributed by atoms with Crippen molar-refractivity contribution in [2.75, 3.05) is 30.9 Å². The number of rotatable bonds is 5. The highest BCUT2D eigenvalue weighted by Crippen LogP contribution is 2.15. The topological polar surface area (TPSA) is 64.8 Å². The summed E-state index contributed by atoms with van der Waals surface area (Å²) in [6.45, 7) is 4.59. The summed E-state index contributed by atoms with van der Waals surface area (Å²) in [6.07, 6.45) is 0.796. The summed E-state index contributed by atoms with van der Waals surface area (Å²) >= 11 is 0. The van der Waals surface area contributed by atoms with Crippen LogP contribution in [0.2, 0.25) is 0 Å². The molecule has 0 aliphatic heterocycles. The molecule has 1 unspecified atom stereocenters. The van der Waals surface area contributed by atoms with Gasteiger partial charge in [-0.1, -0.05) is 6.92 Å². The number of aryl methyl sites for hydroxylation is 1. The molecule has 0 fully saturated rings. The van der Waals surface area contributed by atoms with Gasteiger partial charge in [0.25, 0.3) is 0 Å². The quantitative estimate of drug-likeness (QED) is 0.838. The lowest BCUT2D eigenvalue weighted by atomic mass is 10.2. The van der Waals surface area contributed by atoms with E-state index in [0.717, 1.165) is 23.9 Å². The number of hydrogen-bond acceptors (Lipinski definition) is 5.